The lowest BCUT2D eigenvalue weighted by Gasteiger charge is -2.29. The quantitative estimate of drug-likeness (QED) is 0.878. The molecule has 0 atom stereocenters. The van der Waals surface area contributed by atoms with Gasteiger partial charge in [-0.15, -0.1) is 0 Å². The molecule has 0 aromatic heterocycles. The van der Waals surface area contributed by atoms with E-state index in [4.69, 9.17) is 5.11 Å². The van der Waals surface area contributed by atoms with Crippen molar-refractivity contribution >= 4 is 21.9 Å². The molecule has 0 radical (unpaired) electrons. The topological polar surface area (TPSA) is 95.0 Å². The van der Waals surface area contributed by atoms with Crippen molar-refractivity contribution in [3.8, 4) is 0 Å². The van der Waals surface area contributed by atoms with Crippen LogP contribution in [0.5, 0.6) is 0 Å². The van der Waals surface area contributed by atoms with Gasteiger partial charge in [0.25, 0.3) is 5.91 Å². The summed E-state index contributed by atoms with van der Waals surface area (Å²) in [7, 11) is -0.528. The number of benzene rings is 1. The fourth-order valence-electron chi connectivity index (χ4n) is 2.54. The minimum Gasteiger partial charge on any atom is -0.481 e. The van der Waals surface area contributed by atoms with Crippen molar-refractivity contribution in [3.05, 3.63) is 29.8 Å². The van der Waals surface area contributed by atoms with Crippen molar-refractivity contribution in [3.63, 3.8) is 0 Å². The molecule has 23 heavy (non-hydrogen) atoms. The van der Waals surface area contributed by atoms with E-state index >= 15 is 0 Å². The summed E-state index contributed by atoms with van der Waals surface area (Å²) in [5, 5.41) is 8.98. The van der Waals surface area contributed by atoms with E-state index in [1.54, 1.807) is 20.2 Å². The number of carbonyl (C=O) groups excluding carboxylic acids is 1. The Labute approximate surface area is 135 Å². The highest BCUT2D eigenvalue weighted by atomic mass is 32.2. The summed E-state index contributed by atoms with van der Waals surface area (Å²) in [6, 6.07) is 5.91. The average Bonchev–Trinajstić information content (AvgIpc) is 2.54. The lowest BCUT2D eigenvalue weighted by molar-refractivity contribution is -0.142. The van der Waals surface area contributed by atoms with Crippen molar-refractivity contribution in [2.24, 2.45) is 5.92 Å². The van der Waals surface area contributed by atoms with E-state index in [1.165, 1.54) is 27.4 Å². The predicted molar refractivity (Wildman–Crippen MR) is 83.6 cm³/mol. The van der Waals surface area contributed by atoms with E-state index < -0.39 is 21.9 Å². The minimum absolute atomic E-state index is 0.0546. The smallest absolute Gasteiger partial charge is 0.306 e. The summed E-state index contributed by atoms with van der Waals surface area (Å²) in [5.41, 5.74) is 0.302. The van der Waals surface area contributed by atoms with Gasteiger partial charge in [-0.25, -0.2) is 8.42 Å². The van der Waals surface area contributed by atoms with E-state index in [2.05, 4.69) is 0 Å². The molecular formula is C15H20N2O5S. The standard InChI is InChI=1S/C15H20N2O5S/c1-16(2)14(18)12-4-3-5-13(10-12)23(21,22)17-8-6-11(7-9-17)15(19)20/h3-5,10-11H,6-9H2,1-2H3,(H,19,20). The summed E-state index contributed by atoms with van der Waals surface area (Å²) >= 11 is 0. The van der Waals surface area contributed by atoms with Gasteiger partial charge in [-0.3, -0.25) is 9.59 Å². The van der Waals surface area contributed by atoms with Gasteiger partial charge >= 0.3 is 5.97 Å². The minimum atomic E-state index is -3.72. The number of hydrogen-bond donors (Lipinski definition) is 1. The second-order valence-electron chi connectivity index (χ2n) is 5.74. The van der Waals surface area contributed by atoms with Gasteiger partial charge in [0.05, 0.1) is 10.8 Å². The molecule has 0 unspecified atom stereocenters. The summed E-state index contributed by atoms with van der Waals surface area (Å²) in [4.78, 5) is 24.4. The van der Waals surface area contributed by atoms with Gasteiger partial charge in [0, 0.05) is 32.7 Å². The Morgan fingerprint density at radius 1 is 1.22 bits per heavy atom. The second kappa shape index (κ2) is 6.67. The number of nitrogens with zero attached hydrogens (tertiary/aromatic N) is 2. The number of amides is 1. The van der Waals surface area contributed by atoms with Gasteiger partial charge in [0.15, 0.2) is 0 Å². The first kappa shape index (κ1) is 17.4. The first-order valence-electron chi connectivity index (χ1n) is 7.28. The molecule has 1 aliphatic heterocycles. The SMILES string of the molecule is CN(C)C(=O)c1cccc(S(=O)(=O)N2CCC(C(=O)O)CC2)c1. The number of hydrogen-bond acceptors (Lipinski definition) is 4. The first-order chi connectivity index (χ1) is 10.7. The van der Waals surface area contributed by atoms with Crippen LogP contribution in [0.3, 0.4) is 0 Å². The molecule has 1 saturated heterocycles. The van der Waals surface area contributed by atoms with Crippen LogP contribution in [-0.2, 0) is 14.8 Å². The molecule has 1 N–H and O–H groups in total. The number of carboxylic acids is 1. The monoisotopic (exact) mass is 340 g/mol. The molecule has 8 heteroatoms. The summed E-state index contributed by atoms with van der Waals surface area (Å²) in [5.74, 6) is -1.66. The highest BCUT2D eigenvalue weighted by Crippen LogP contribution is 2.24. The Bertz CT molecular complexity index is 706. The molecular weight excluding hydrogens is 320 g/mol. The van der Waals surface area contributed by atoms with Crippen LogP contribution in [0.15, 0.2) is 29.2 Å². The normalized spacial score (nSPS) is 17.0. The van der Waals surface area contributed by atoms with Crippen molar-refractivity contribution in [2.75, 3.05) is 27.2 Å². The molecule has 7 nitrogen and oxygen atoms in total. The van der Waals surface area contributed by atoms with Gasteiger partial charge in [0.2, 0.25) is 10.0 Å². The zero-order valence-electron chi connectivity index (χ0n) is 13.1. The molecule has 0 spiro atoms. The fraction of sp³-hybridized carbons (Fsp3) is 0.467. The second-order valence-corrected chi connectivity index (χ2v) is 7.68. The van der Waals surface area contributed by atoms with Crippen LogP contribution in [0.1, 0.15) is 23.2 Å². The molecule has 0 bridgehead atoms. The van der Waals surface area contributed by atoms with Crippen LogP contribution in [0, 0.1) is 5.92 Å². The predicted octanol–water partition coefficient (Wildman–Crippen LogP) is 0.874. The third-order valence-electron chi connectivity index (χ3n) is 3.93. The highest BCUT2D eigenvalue weighted by molar-refractivity contribution is 7.89. The van der Waals surface area contributed by atoms with E-state index in [-0.39, 0.29) is 23.9 Å². The van der Waals surface area contributed by atoms with Crippen molar-refractivity contribution in [1.29, 1.82) is 0 Å². The van der Waals surface area contributed by atoms with Gasteiger partial charge < -0.3 is 10.0 Å². The average molecular weight is 340 g/mol. The Morgan fingerprint density at radius 3 is 2.35 bits per heavy atom. The molecule has 2 rings (SSSR count). The highest BCUT2D eigenvalue weighted by Gasteiger charge is 2.32. The van der Waals surface area contributed by atoms with Crippen molar-refractivity contribution < 1.29 is 23.1 Å². The Kier molecular flexibility index (Phi) is 5.06. The first-order valence-corrected chi connectivity index (χ1v) is 8.72. The fourth-order valence-corrected chi connectivity index (χ4v) is 4.06. The van der Waals surface area contributed by atoms with Crippen molar-refractivity contribution in [1.82, 2.24) is 9.21 Å². The lowest BCUT2D eigenvalue weighted by atomic mass is 9.99. The largest absolute Gasteiger partial charge is 0.481 e. The summed E-state index contributed by atoms with van der Waals surface area (Å²) < 4.78 is 26.6. The van der Waals surface area contributed by atoms with Crippen LogP contribution in [0.4, 0.5) is 0 Å². The molecule has 0 aliphatic carbocycles. The third-order valence-corrected chi connectivity index (χ3v) is 5.82. The van der Waals surface area contributed by atoms with Crippen LogP contribution in [0.2, 0.25) is 0 Å². The molecule has 1 aromatic rings. The van der Waals surface area contributed by atoms with Gasteiger partial charge in [0.1, 0.15) is 0 Å². The van der Waals surface area contributed by atoms with Crippen LogP contribution in [0.25, 0.3) is 0 Å². The number of aliphatic carboxylic acids is 1. The molecule has 1 aromatic carbocycles. The van der Waals surface area contributed by atoms with Gasteiger partial charge in [-0.2, -0.15) is 4.31 Å². The molecule has 1 fully saturated rings. The van der Waals surface area contributed by atoms with E-state index in [1.807, 2.05) is 0 Å². The van der Waals surface area contributed by atoms with Crippen molar-refractivity contribution in [2.45, 2.75) is 17.7 Å². The lowest BCUT2D eigenvalue weighted by Crippen LogP contribution is -2.40. The summed E-state index contributed by atoms with van der Waals surface area (Å²) in [6.45, 7) is 0.344. The van der Waals surface area contributed by atoms with Crippen LogP contribution >= 0.6 is 0 Å². The Hall–Kier alpha value is -1.93. The molecule has 1 heterocycles. The van der Waals surface area contributed by atoms with Crippen LogP contribution < -0.4 is 0 Å². The Balaban J connectivity index is 2.22. The Morgan fingerprint density at radius 2 is 1.83 bits per heavy atom. The van der Waals surface area contributed by atoms with Crippen LogP contribution in [-0.4, -0.2) is 61.8 Å². The number of carboxylic acid groups (broad SMARTS) is 1. The molecule has 0 saturated carbocycles. The number of piperidine rings is 1. The molecule has 1 amide bonds. The van der Waals surface area contributed by atoms with Gasteiger partial charge in [-0.05, 0) is 31.0 Å². The maximum absolute atomic E-state index is 12.7. The zero-order valence-corrected chi connectivity index (χ0v) is 13.9. The van der Waals surface area contributed by atoms with E-state index in [0.717, 1.165) is 0 Å². The maximum atomic E-state index is 12.7. The maximum Gasteiger partial charge on any atom is 0.306 e. The van der Waals surface area contributed by atoms with Gasteiger partial charge in [-0.1, -0.05) is 6.07 Å². The summed E-state index contributed by atoms with van der Waals surface area (Å²) in [6.07, 6.45) is 0.593. The number of sulfonamides is 1. The molecule has 1 aliphatic rings. The zero-order chi connectivity index (χ0) is 17.2. The number of carbonyl (C=O) groups is 2. The molecule has 126 valence electrons. The van der Waals surface area contributed by atoms with E-state index in [9.17, 15) is 18.0 Å². The van der Waals surface area contributed by atoms with E-state index in [0.29, 0.717) is 18.4 Å². The third kappa shape index (κ3) is 3.70. The number of rotatable bonds is 4.